The largest absolute Gasteiger partial charge is 0.477 e. The fraction of sp³-hybridized carbons (Fsp3) is 0.167. The molecule has 1 aliphatic rings. The third kappa shape index (κ3) is 4.18. The third-order valence-electron chi connectivity index (χ3n) is 5.44. The molecule has 1 N–H and O–H groups in total. The summed E-state index contributed by atoms with van der Waals surface area (Å²) in [6.07, 6.45) is 0.313. The standard InChI is InChI=1S/C24H16F5NO3/c25-15-7-8-18(26)13(10-15)12-30-19-9-6-14(24(27,28)29)11-17(19)21(22(30)23(32)33)16-4-2-1-3-5-20(16)31/h1-2,4,6-11H,3,5,12H2,(H,32,33). The Balaban J connectivity index is 2.07. The molecule has 2 aromatic carbocycles. The highest BCUT2D eigenvalue weighted by Gasteiger charge is 2.34. The van der Waals surface area contributed by atoms with E-state index < -0.39 is 47.4 Å². The van der Waals surface area contributed by atoms with Crippen LogP contribution in [0, 0.1) is 11.6 Å². The van der Waals surface area contributed by atoms with Gasteiger partial charge in [-0.1, -0.05) is 18.2 Å². The molecule has 0 saturated carbocycles. The molecule has 170 valence electrons. The molecule has 33 heavy (non-hydrogen) atoms. The van der Waals surface area contributed by atoms with Crippen LogP contribution < -0.4 is 0 Å². The molecule has 0 saturated heterocycles. The lowest BCUT2D eigenvalue weighted by atomic mass is 9.96. The Labute approximate surface area is 184 Å². The topological polar surface area (TPSA) is 59.3 Å². The number of fused-ring (bicyclic) bond motifs is 1. The summed E-state index contributed by atoms with van der Waals surface area (Å²) in [5.74, 6) is -3.52. The third-order valence-corrected chi connectivity index (χ3v) is 5.44. The smallest absolute Gasteiger partial charge is 0.416 e. The van der Waals surface area contributed by atoms with E-state index in [0.717, 1.165) is 41.0 Å². The van der Waals surface area contributed by atoms with Crippen molar-refractivity contribution in [2.75, 3.05) is 0 Å². The summed E-state index contributed by atoms with van der Waals surface area (Å²) in [6.45, 7) is -0.468. The second-order valence-corrected chi connectivity index (χ2v) is 7.55. The van der Waals surface area contributed by atoms with E-state index in [4.69, 9.17) is 0 Å². The first-order chi connectivity index (χ1) is 15.6. The second kappa shape index (κ2) is 8.31. The molecule has 1 aromatic heterocycles. The lowest BCUT2D eigenvalue weighted by Gasteiger charge is -2.11. The Morgan fingerprint density at radius 3 is 2.55 bits per heavy atom. The number of hydrogen-bond donors (Lipinski definition) is 1. The van der Waals surface area contributed by atoms with Gasteiger partial charge in [-0.25, -0.2) is 13.6 Å². The predicted molar refractivity (Wildman–Crippen MR) is 111 cm³/mol. The number of nitrogens with zero attached hydrogens (tertiary/aromatic N) is 1. The number of carbonyl (C=O) groups is 2. The van der Waals surface area contributed by atoms with Crippen molar-refractivity contribution >= 4 is 28.2 Å². The number of carboxylic acid groups (broad SMARTS) is 1. The number of allylic oxidation sites excluding steroid dienone is 4. The van der Waals surface area contributed by atoms with Crippen LogP contribution in [0.2, 0.25) is 0 Å². The summed E-state index contributed by atoms with van der Waals surface area (Å²) in [4.78, 5) is 25.0. The lowest BCUT2D eigenvalue weighted by molar-refractivity contribution is -0.137. The van der Waals surface area contributed by atoms with Gasteiger partial charge in [0.1, 0.15) is 17.3 Å². The number of ketones is 1. The van der Waals surface area contributed by atoms with Crippen LogP contribution in [-0.4, -0.2) is 21.4 Å². The molecular formula is C24H16F5NO3. The van der Waals surface area contributed by atoms with Crippen LogP contribution in [0.5, 0.6) is 0 Å². The van der Waals surface area contributed by atoms with E-state index in [1.54, 1.807) is 6.08 Å². The van der Waals surface area contributed by atoms with Gasteiger partial charge in [0.25, 0.3) is 0 Å². The Morgan fingerprint density at radius 1 is 1.09 bits per heavy atom. The van der Waals surface area contributed by atoms with E-state index >= 15 is 0 Å². The Bertz CT molecular complexity index is 1350. The van der Waals surface area contributed by atoms with Crippen molar-refractivity contribution in [1.29, 1.82) is 0 Å². The van der Waals surface area contributed by atoms with Gasteiger partial charge in [0, 0.05) is 34.0 Å². The highest BCUT2D eigenvalue weighted by molar-refractivity contribution is 6.26. The van der Waals surface area contributed by atoms with Crippen molar-refractivity contribution in [1.82, 2.24) is 4.57 Å². The maximum Gasteiger partial charge on any atom is 0.416 e. The molecule has 1 aliphatic carbocycles. The zero-order valence-electron chi connectivity index (χ0n) is 16.9. The number of halogens is 5. The van der Waals surface area contributed by atoms with Crippen LogP contribution in [0.3, 0.4) is 0 Å². The van der Waals surface area contributed by atoms with E-state index in [2.05, 4.69) is 0 Å². The van der Waals surface area contributed by atoms with Crippen molar-refractivity contribution in [3.05, 3.63) is 88.6 Å². The SMILES string of the molecule is O=C1CCC=CC=C1c1c(C(=O)O)n(Cc2cc(F)ccc2F)c2ccc(C(F)(F)F)cc12. The average molecular weight is 461 g/mol. The minimum Gasteiger partial charge on any atom is -0.477 e. The monoisotopic (exact) mass is 461 g/mol. The summed E-state index contributed by atoms with van der Waals surface area (Å²) in [6, 6.07) is 5.28. The van der Waals surface area contributed by atoms with Crippen LogP contribution in [-0.2, 0) is 17.5 Å². The number of aromatic carboxylic acids is 1. The van der Waals surface area contributed by atoms with Gasteiger partial charge < -0.3 is 9.67 Å². The summed E-state index contributed by atoms with van der Waals surface area (Å²) in [7, 11) is 0. The number of benzene rings is 2. The fourth-order valence-electron chi connectivity index (χ4n) is 3.95. The number of carbonyl (C=O) groups excluding carboxylic acids is 1. The Morgan fingerprint density at radius 2 is 1.85 bits per heavy atom. The molecule has 3 aromatic rings. The molecule has 4 nitrogen and oxygen atoms in total. The summed E-state index contributed by atoms with van der Waals surface area (Å²) < 4.78 is 69.4. The maximum atomic E-state index is 14.3. The average Bonchev–Trinajstić information content (AvgIpc) is 2.90. The molecule has 0 unspecified atom stereocenters. The van der Waals surface area contributed by atoms with Crippen LogP contribution in [0.4, 0.5) is 22.0 Å². The van der Waals surface area contributed by atoms with Crippen LogP contribution in [0.15, 0.2) is 54.6 Å². The number of hydrogen-bond acceptors (Lipinski definition) is 2. The normalized spacial score (nSPS) is 14.5. The van der Waals surface area contributed by atoms with Gasteiger partial charge in [-0.15, -0.1) is 0 Å². The molecule has 0 fully saturated rings. The van der Waals surface area contributed by atoms with E-state index in [0.29, 0.717) is 6.42 Å². The van der Waals surface area contributed by atoms with Gasteiger partial charge in [-0.3, -0.25) is 4.79 Å². The van der Waals surface area contributed by atoms with Gasteiger partial charge in [-0.05, 0) is 42.8 Å². The minimum absolute atomic E-state index is 0.0426. The summed E-state index contributed by atoms with van der Waals surface area (Å²) >= 11 is 0. The van der Waals surface area contributed by atoms with Crippen molar-refractivity contribution in [3.63, 3.8) is 0 Å². The zero-order chi connectivity index (χ0) is 23.9. The van der Waals surface area contributed by atoms with E-state index in [9.17, 15) is 36.6 Å². The highest BCUT2D eigenvalue weighted by atomic mass is 19.4. The highest BCUT2D eigenvalue weighted by Crippen LogP contribution is 2.38. The first-order valence-electron chi connectivity index (χ1n) is 9.89. The molecule has 0 spiro atoms. The quantitative estimate of drug-likeness (QED) is 0.486. The van der Waals surface area contributed by atoms with E-state index in [-0.39, 0.29) is 34.0 Å². The Kier molecular flexibility index (Phi) is 5.65. The van der Waals surface area contributed by atoms with Crippen molar-refractivity contribution in [2.24, 2.45) is 0 Å². The first-order valence-corrected chi connectivity index (χ1v) is 9.89. The number of alkyl halides is 3. The second-order valence-electron chi connectivity index (χ2n) is 7.55. The molecule has 0 amide bonds. The van der Waals surface area contributed by atoms with Gasteiger partial charge >= 0.3 is 12.1 Å². The van der Waals surface area contributed by atoms with Crippen molar-refractivity contribution in [3.8, 4) is 0 Å². The molecule has 4 rings (SSSR count). The van der Waals surface area contributed by atoms with Crippen LogP contribution >= 0.6 is 0 Å². The summed E-state index contributed by atoms with van der Waals surface area (Å²) in [5, 5.41) is 9.88. The molecule has 0 atom stereocenters. The molecule has 9 heteroatoms. The fourth-order valence-corrected chi connectivity index (χ4v) is 3.95. The predicted octanol–water partition coefficient (Wildman–Crippen LogP) is 5.99. The molecule has 1 heterocycles. The number of carboxylic acids is 1. The maximum absolute atomic E-state index is 14.3. The number of rotatable bonds is 4. The van der Waals surface area contributed by atoms with Crippen molar-refractivity contribution < 1.29 is 36.6 Å². The Hall–Kier alpha value is -3.75. The first kappa shape index (κ1) is 22.4. The van der Waals surface area contributed by atoms with E-state index in [1.807, 2.05) is 0 Å². The molecule has 0 bridgehead atoms. The number of aromatic nitrogens is 1. The molecular weight excluding hydrogens is 445 g/mol. The molecule has 0 radical (unpaired) electrons. The lowest BCUT2D eigenvalue weighted by Crippen LogP contribution is -2.13. The van der Waals surface area contributed by atoms with Crippen molar-refractivity contribution in [2.45, 2.75) is 25.6 Å². The molecule has 0 aliphatic heterocycles. The van der Waals surface area contributed by atoms with Crippen LogP contribution in [0.1, 0.15) is 40.0 Å². The van der Waals surface area contributed by atoms with Gasteiger partial charge in [-0.2, -0.15) is 13.2 Å². The van der Waals surface area contributed by atoms with Gasteiger partial charge in [0.05, 0.1) is 12.1 Å². The van der Waals surface area contributed by atoms with Gasteiger partial charge in [0.2, 0.25) is 0 Å². The summed E-state index contributed by atoms with van der Waals surface area (Å²) in [5.41, 5.74) is -1.90. The zero-order valence-corrected chi connectivity index (χ0v) is 16.9. The van der Waals surface area contributed by atoms with Crippen LogP contribution in [0.25, 0.3) is 16.5 Å². The minimum atomic E-state index is -4.71. The van der Waals surface area contributed by atoms with Gasteiger partial charge in [0.15, 0.2) is 5.78 Å². The number of Topliss-reactive ketones (excluding diaryl/α,β-unsaturated/α-hetero) is 1. The van der Waals surface area contributed by atoms with E-state index in [1.165, 1.54) is 12.2 Å².